The van der Waals surface area contributed by atoms with E-state index in [2.05, 4.69) is 5.32 Å². The second kappa shape index (κ2) is 6.55. The van der Waals surface area contributed by atoms with Crippen molar-refractivity contribution in [3.05, 3.63) is 29.8 Å². The summed E-state index contributed by atoms with van der Waals surface area (Å²) in [5.41, 5.74) is 6.11. The molecule has 1 aromatic rings. The van der Waals surface area contributed by atoms with E-state index in [-0.39, 0.29) is 17.5 Å². The van der Waals surface area contributed by atoms with Crippen molar-refractivity contribution in [3.63, 3.8) is 0 Å². The first-order valence-electron chi connectivity index (χ1n) is 6.99. The van der Waals surface area contributed by atoms with Crippen molar-refractivity contribution in [1.29, 1.82) is 0 Å². The number of aryl methyl sites for hydroxylation is 1. The summed E-state index contributed by atoms with van der Waals surface area (Å²) in [6.07, 6.45) is 1.36. The van der Waals surface area contributed by atoms with Gasteiger partial charge in [0.1, 0.15) is 0 Å². The fourth-order valence-electron chi connectivity index (χ4n) is 2.57. The van der Waals surface area contributed by atoms with Gasteiger partial charge >= 0.3 is 0 Å². The topological polar surface area (TPSA) is 92.5 Å². The predicted octanol–water partition coefficient (Wildman–Crippen LogP) is 0.223. The summed E-state index contributed by atoms with van der Waals surface area (Å²) in [5, 5.41) is 3.19. The monoisotopic (exact) mass is 311 g/mol. The van der Waals surface area contributed by atoms with Crippen LogP contribution in [0.25, 0.3) is 0 Å². The van der Waals surface area contributed by atoms with Gasteiger partial charge in [-0.1, -0.05) is 12.1 Å². The largest absolute Gasteiger partial charge is 0.369 e. The second-order valence-electron chi connectivity index (χ2n) is 5.31. The molecule has 1 aliphatic rings. The smallest absolute Gasteiger partial charge is 0.243 e. The molecule has 3 N–H and O–H groups in total. The van der Waals surface area contributed by atoms with Crippen LogP contribution in [0, 0.1) is 6.92 Å². The zero-order valence-corrected chi connectivity index (χ0v) is 12.9. The van der Waals surface area contributed by atoms with Crippen LogP contribution in [0.1, 0.15) is 18.4 Å². The lowest BCUT2D eigenvalue weighted by atomic mass is 10.1. The van der Waals surface area contributed by atoms with Gasteiger partial charge in [0.15, 0.2) is 0 Å². The number of nitrogens with one attached hydrogen (secondary N) is 1. The number of primary amides is 1. The van der Waals surface area contributed by atoms with E-state index in [0.29, 0.717) is 12.8 Å². The summed E-state index contributed by atoms with van der Waals surface area (Å²) >= 11 is 0. The molecule has 0 aliphatic carbocycles. The molecule has 0 bridgehead atoms. The molecule has 7 heteroatoms. The molecule has 2 rings (SSSR count). The number of carbonyl (C=O) groups excluding carboxylic acids is 1. The summed E-state index contributed by atoms with van der Waals surface area (Å²) in [6.45, 7) is 3.04. The van der Waals surface area contributed by atoms with Crippen LogP contribution in [0.5, 0.6) is 0 Å². The van der Waals surface area contributed by atoms with E-state index in [1.54, 1.807) is 18.2 Å². The number of hydrogen-bond acceptors (Lipinski definition) is 4. The maximum atomic E-state index is 12.8. The maximum absolute atomic E-state index is 12.8. The fraction of sp³-hybridized carbons (Fsp3) is 0.500. The Morgan fingerprint density at radius 3 is 2.62 bits per heavy atom. The third-order valence-corrected chi connectivity index (χ3v) is 5.52. The molecule has 0 atom stereocenters. The average Bonchev–Trinajstić information content (AvgIpc) is 2.45. The Balaban J connectivity index is 2.36. The Bertz CT molecular complexity index is 610. The average molecular weight is 311 g/mol. The number of nitrogens with two attached hydrogens (primary N) is 1. The summed E-state index contributed by atoms with van der Waals surface area (Å²) < 4.78 is 26.9. The van der Waals surface area contributed by atoms with Crippen LogP contribution in [-0.2, 0) is 14.8 Å². The zero-order chi connectivity index (χ0) is 15.5. The number of rotatable bonds is 5. The Hall–Kier alpha value is -1.44. The fourth-order valence-corrected chi connectivity index (χ4v) is 4.33. The number of amides is 1. The first-order chi connectivity index (χ1) is 9.91. The Labute approximate surface area is 125 Å². The molecule has 21 heavy (non-hydrogen) atoms. The lowest BCUT2D eigenvalue weighted by molar-refractivity contribution is -0.118. The highest BCUT2D eigenvalue weighted by molar-refractivity contribution is 7.89. The van der Waals surface area contributed by atoms with Gasteiger partial charge < -0.3 is 11.1 Å². The molecule has 0 aromatic heterocycles. The number of piperidine rings is 1. The highest BCUT2D eigenvalue weighted by Gasteiger charge is 2.33. The molecular formula is C14H21N3O3S. The van der Waals surface area contributed by atoms with Crippen LogP contribution < -0.4 is 11.1 Å². The standard InChI is InChI=1S/C14H21N3O3S/c1-11-3-2-4-13(9-11)21(19,20)17(10-14(15)18)12-5-7-16-8-6-12/h2-4,9,12,16H,5-8,10H2,1H3,(H2,15,18). The molecule has 1 aromatic carbocycles. The van der Waals surface area contributed by atoms with Crippen molar-refractivity contribution in [2.24, 2.45) is 5.73 Å². The van der Waals surface area contributed by atoms with Crippen LogP contribution in [0.2, 0.25) is 0 Å². The van der Waals surface area contributed by atoms with E-state index in [1.165, 1.54) is 4.31 Å². The van der Waals surface area contributed by atoms with E-state index in [4.69, 9.17) is 5.73 Å². The van der Waals surface area contributed by atoms with Crippen molar-refractivity contribution in [2.45, 2.75) is 30.7 Å². The minimum absolute atomic E-state index is 0.190. The molecule has 1 aliphatic heterocycles. The second-order valence-corrected chi connectivity index (χ2v) is 7.20. The van der Waals surface area contributed by atoms with Crippen LogP contribution in [0.15, 0.2) is 29.2 Å². The van der Waals surface area contributed by atoms with Crippen LogP contribution in [-0.4, -0.2) is 44.3 Å². The maximum Gasteiger partial charge on any atom is 0.243 e. The van der Waals surface area contributed by atoms with E-state index in [0.717, 1.165) is 18.7 Å². The van der Waals surface area contributed by atoms with Gasteiger partial charge in [-0.3, -0.25) is 4.79 Å². The predicted molar refractivity (Wildman–Crippen MR) is 80.2 cm³/mol. The molecule has 1 amide bonds. The number of nitrogens with zero attached hydrogens (tertiary/aromatic N) is 1. The van der Waals surface area contributed by atoms with Gasteiger partial charge in [0.05, 0.1) is 11.4 Å². The molecule has 0 saturated carbocycles. The summed E-state index contributed by atoms with van der Waals surface area (Å²) in [5.74, 6) is -0.634. The molecule has 0 radical (unpaired) electrons. The Morgan fingerprint density at radius 1 is 1.38 bits per heavy atom. The van der Waals surface area contributed by atoms with Gasteiger partial charge in [-0.05, 0) is 50.6 Å². The van der Waals surface area contributed by atoms with Crippen molar-refractivity contribution in [2.75, 3.05) is 19.6 Å². The molecule has 1 saturated heterocycles. The molecular weight excluding hydrogens is 290 g/mol. The molecule has 116 valence electrons. The van der Waals surface area contributed by atoms with Crippen LogP contribution in [0.4, 0.5) is 0 Å². The lowest BCUT2D eigenvalue weighted by Gasteiger charge is -2.33. The van der Waals surface area contributed by atoms with E-state index < -0.39 is 15.9 Å². The molecule has 0 spiro atoms. The first kappa shape index (κ1) is 15.9. The quantitative estimate of drug-likeness (QED) is 0.814. The number of carbonyl (C=O) groups is 1. The van der Waals surface area contributed by atoms with E-state index in [1.807, 2.05) is 13.0 Å². The van der Waals surface area contributed by atoms with Gasteiger partial charge in [-0.25, -0.2) is 8.42 Å². The molecule has 6 nitrogen and oxygen atoms in total. The van der Waals surface area contributed by atoms with Gasteiger partial charge in [-0.15, -0.1) is 0 Å². The van der Waals surface area contributed by atoms with Crippen molar-refractivity contribution >= 4 is 15.9 Å². The zero-order valence-electron chi connectivity index (χ0n) is 12.1. The van der Waals surface area contributed by atoms with Crippen molar-refractivity contribution in [1.82, 2.24) is 9.62 Å². The molecule has 1 fully saturated rings. The number of benzene rings is 1. The first-order valence-corrected chi connectivity index (χ1v) is 8.43. The highest BCUT2D eigenvalue weighted by Crippen LogP contribution is 2.22. The van der Waals surface area contributed by atoms with Gasteiger partial charge in [0.2, 0.25) is 15.9 Å². The Kier molecular flexibility index (Phi) is 4.97. The summed E-state index contributed by atoms with van der Waals surface area (Å²) in [7, 11) is -3.71. The van der Waals surface area contributed by atoms with Crippen molar-refractivity contribution < 1.29 is 13.2 Å². The molecule has 0 unspecified atom stereocenters. The van der Waals surface area contributed by atoms with E-state index >= 15 is 0 Å². The van der Waals surface area contributed by atoms with Crippen LogP contribution in [0.3, 0.4) is 0 Å². The summed E-state index contributed by atoms with van der Waals surface area (Å²) in [4.78, 5) is 11.5. The third-order valence-electron chi connectivity index (χ3n) is 3.62. The van der Waals surface area contributed by atoms with E-state index in [9.17, 15) is 13.2 Å². The molecule has 1 heterocycles. The van der Waals surface area contributed by atoms with Gasteiger partial charge in [-0.2, -0.15) is 4.31 Å². The third kappa shape index (κ3) is 3.81. The highest BCUT2D eigenvalue weighted by atomic mass is 32.2. The Morgan fingerprint density at radius 2 is 2.05 bits per heavy atom. The van der Waals surface area contributed by atoms with Gasteiger partial charge in [0.25, 0.3) is 0 Å². The minimum atomic E-state index is -3.71. The van der Waals surface area contributed by atoms with Crippen molar-refractivity contribution in [3.8, 4) is 0 Å². The minimum Gasteiger partial charge on any atom is -0.369 e. The van der Waals surface area contributed by atoms with Gasteiger partial charge in [0, 0.05) is 6.04 Å². The lowest BCUT2D eigenvalue weighted by Crippen LogP contribution is -2.49. The number of sulfonamides is 1. The SMILES string of the molecule is Cc1cccc(S(=O)(=O)N(CC(N)=O)C2CCNCC2)c1. The normalized spacial score (nSPS) is 17.0. The van der Waals surface area contributed by atoms with Crippen LogP contribution >= 0.6 is 0 Å². The number of hydrogen-bond donors (Lipinski definition) is 2. The summed E-state index contributed by atoms with van der Waals surface area (Å²) in [6, 6.07) is 6.51.